The van der Waals surface area contributed by atoms with Gasteiger partial charge in [0, 0.05) is 0 Å². The van der Waals surface area contributed by atoms with Crippen molar-refractivity contribution in [2.75, 3.05) is 14.2 Å². The van der Waals surface area contributed by atoms with Crippen LogP contribution in [0.5, 0.6) is 11.5 Å². The van der Waals surface area contributed by atoms with Crippen molar-refractivity contribution in [2.45, 2.75) is 24.3 Å². The van der Waals surface area contributed by atoms with Crippen LogP contribution in [0.15, 0.2) is 53.4 Å². The third kappa shape index (κ3) is 4.03. The van der Waals surface area contributed by atoms with Gasteiger partial charge >= 0.3 is 0 Å². The SMILES string of the molecule is COc1ccc(C(C)(C)NS(=O)(=O)c2ccc(OC)cc2)cc1. The third-order valence-corrected chi connectivity index (χ3v) is 5.24. The quantitative estimate of drug-likeness (QED) is 0.881. The number of rotatable bonds is 6. The maximum absolute atomic E-state index is 12.6. The zero-order valence-corrected chi connectivity index (χ0v) is 14.5. The predicted octanol–water partition coefficient (Wildman–Crippen LogP) is 2.92. The van der Waals surface area contributed by atoms with Crippen LogP contribution in [0.25, 0.3) is 0 Å². The molecule has 2 aromatic carbocycles. The van der Waals surface area contributed by atoms with Crippen LogP contribution in [0, 0.1) is 0 Å². The number of benzene rings is 2. The molecule has 1 N–H and O–H groups in total. The van der Waals surface area contributed by atoms with Crippen molar-refractivity contribution in [1.29, 1.82) is 0 Å². The molecule has 0 amide bonds. The summed E-state index contributed by atoms with van der Waals surface area (Å²) in [5.41, 5.74) is 0.0841. The van der Waals surface area contributed by atoms with Gasteiger partial charge in [0.25, 0.3) is 0 Å². The summed E-state index contributed by atoms with van der Waals surface area (Å²) in [5.74, 6) is 1.33. The van der Waals surface area contributed by atoms with Gasteiger partial charge in [-0.2, -0.15) is 0 Å². The zero-order valence-electron chi connectivity index (χ0n) is 13.7. The highest BCUT2D eigenvalue weighted by molar-refractivity contribution is 7.89. The molecule has 0 heterocycles. The summed E-state index contributed by atoms with van der Waals surface area (Å²) in [6.45, 7) is 3.63. The Kier molecular flexibility index (Phi) is 4.97. The van der Waals surface area contributed by atoms with Crippen LogP contribution in [0.4, 0.5) is 0 Å². The van der Waals surface area contributed by atoms with Gasteiger partial charge in [-0.25, -0.2) is 13.1 Å². The van der Waals surface area contributed by atoms with Crippen LogP contribution in [-0.2, 0) is 15.6 Å². The second kappa shape index (κ2) is 6.60. The van der Waals surface area contributed by atoms with Crippen molar-refractivity contribution in [3.63, 3.8) is 0 Å². The summed E-state index contributed by atoms with van der Waals surface area (Å²) in [6.07, 6.45) is 0. The van der Waals surface area contributed by atoms with E-state index in [0.29, 0.717) is 5.75 Å². The number of hydrogen-bond acceptors (Lipinski definition) is 4. The molecule has 0 bridgehead atoms. The van der Waals surface area contributed by atoms with E-state index in [0.717, 1.165) is 11.3 Å². The molecule has 0 saturated heterocycles. The minimum Gasteiger partial charge on any atom is -0.497 e. The Bertz CT molecular complexity index is 750. The van der Waals surface area contributed by atoms with Gasteiger partial charge in [-0.1, -0.05) is 12.1 Å². The van der Waals surface area contributed by atoms with E-state index in [-0.39, 0.29) is 4.90 Å². The first kappa shape index (κ1) is 17.3. The van der Waals surface area contributed by atoms with Gasteiger partial charge < -0.3 is 9.47 Å². The van der Waals surface area contributed by atoms with E-state index in [2.05, 4.69) is 4.72 Å². The van der Waals surface area contributed by atoms with E-state index >= 15 is 0 Å². The Morgan fingerprint density at radius 3 is 1.70 bits per heavy atom. The molecule has 0 spiro atoms. The molecule has 0 aliphatic rings. The van der Waals surface area contributed by atoms with Crippen LogP contribution in [0.2, 0.25) is 0 Å². The Morgan fingerprint density at radius 1 is 0.826 bits per heavy atom. The molecule has 6 heteroatoms. The van der Waals surface area contributed by atoms with Gasteiger partial charge in [0.1, 0.15) is 11.5 Å². The number of methoxy groups -OCH3 is 2. The van der Waals surface area contributed by atoms with E-state index in [9.17, 15) is 8.42 Å². The minimum atomic E-state index is -3.64. The van der Waals surface area contributed by atoms with Gasteiger partial charge in [0.05, 0.1) is 24.7 Å². The first-order valence-electron chi connectivity index (χ1n) is 7.11. The molecule has 124 valence electrons. The summed E-state index contributed by atoms with van der Waals surface area (Å²) >= 11 is 0. The fourth-order valence-electron chi connectivity index (χ4n) is 2.22. The van der Waals surface area contributed by atoms with Crippen LogP contribution in [0.3, 0.4) is 0 Å². The van der Waals surface area contributed by atoms with Crippen molar-refractivity contribution < 1.29 is 17.9 Å². The van der Waals surface area contributed by atoms with Gasteiger partial charge in [-0.3, -0.25) is 0 Å². The predicted molar refractivity (Wildman–Crippen MR) is 89.3 cm³/mol. The fourth-order valence-corrected chi connectivity index (χ4v) is 3.62. The highest BCUT2D eigenvalue weighted by Crippen LogP contribution is 2.25. The number of hydrogen-bond donors (Lipinski definition) is 1. The molecular weight excluding hydrogens is 314 g/mol. The number of sulfonamides is 1. The lowest BCUT2D eigenvalue weighted by atomic mass is 9.96. The molecule has 0 radical (unpaired) electrons. The van der Waals surface area contributed by atoms with E-state index in [1.54, 1.807) is 31.4 Å². The summed E-state index contributed by atoms with van der Waals surface area (Å²) in [5, 5.41) is 0. The minimum absolute atomic E-state index is 0.194. The molecule has 0 saturated carbocycles. The fraction of sp³-hybridized carbons (Fsp3) is 0.294. The van der Waals surface area contributed by atoms with Crippen molar-refractivity contribution in [3.05, 3.63) is 54.1 Å². The Morgan fingerprint density at radius 2 is 1.26 bits per heavy atom. The zero-order chi connectivity index (χ0) is 17.1. The van der Waals surface area contributed by atoms with Crippen LogP contribution in [0.1, 0.15) is 19.4 Å². The molecule has 0 aliphatic carbocycles. The lowest BCUT2D eigenvalue weighted by molar-refractivity contribution is 0.413. The lowest BCUT2D eigenvalue weighted by Crippen LogP contribution is -2.40. The summed E-state index contributed by atoms with van der Waals surface area (Å²) < 4.78 is 38.0. The smallest absolute Gasteiger partial charge is 0.241 e. The van der Waals surface area contributed by atoms with Gasteiger partial charge in [-0.15, -0.1) is 0 Å². The number of nitrogens with one attached hydrogen (secondary N) is 1. The van der Waals surface area contributed by atoms with Crippen LogP contribution >= 0.6 is 0 Å². The van der Waals surface area contributed by atoms with Crippen LogP contribution < -0.4 is 14.2 Å². The maximum atomic E-state index is 12.6. The monoisotopic (exact) mass is 335 g/mol. The Labute approximate surface area is 137 Å². The molecule has 0 aliphatic heterocycles. The average Bonchev–Trinajstić information content (AvgIpc) is 2.54. The maximum Gasteiger partial charge on any atom is 0.241 e. The van der Waals surface area contributed by atoms with Gasteiger partial charge in [-0.05, 0) is 55.8 Å². The standard InChI is InChI=1S/C17H21NO4S/c1-17(2,13-5-7-14(21-3)8-6-13)18-23(19,20)16-11-9-15(22-4)10-12-16/h5-12,18H,1-4H3. The molecule has 0 unspecified atom stereocenters. The molecule has 5 nitrogen and oxygen atoms in total. The second-order valence-corrected chi connectivity index (χ2v) is 7.32. The molecule has 2 rings (SSSR count). The van der Waals surface area contributed by atoms with E-state index in [1.165, 1.54) is 19.2 Å². The first-order valence-corrected chi connectivity index (χ1v) is 8.59. The summed E-state index contributed by atoms with van der Waals surface area (Å²) in [7, 11) is -0.518. The highest BCUT2D eigenvalue weighted by Gasteiger charge is 2.28. The first-order chi connectivity index (χ1) is 10.8. The van der Waals surface area contributed by atoms with Crippen molar-refractivity contribution in [3.8, 4) is 11.5 Å². The lowest BCUT2D eigenvalue weighted by Gasteiger charge is -2.26. The summed E-state index contributed by atoms with van der Waals surface area (Å²) in [6, 6.07) is 13.6. The number of ether oxygens (including phenoxy) is 2. The molecule has 0 fully saturated rings. The normalized spacial score (nSPS) is 12.0. The van der Waals surface area contributed by atoms with E-state index in [1.807, 2.05) is 26.0 Å². The van der Waals surface area contributed by atoms with Crippen molar-refractivity contribution in [2.24, 2.45) is 0 Å². The average molecular weight is 335 g/mol. The van der Waals surface area contributed by atoms with E-state index < -0.39 is 15.6 Å². The van der Waals surface area contributed by atoms with E-state index in [4.69, 9.17) is 9.47 Å². The Hall–Kier alpha value is -2.05. The molecule has 0 atom stereocenters. The van der Waals surface area contributed by atoms with Crippen molar-refractivity contribution >= 4 is 10.0 Å². The van der Waals surface area contributed by atoms with Gasteiger partial charge in [0.2, 0.25) is 10.0 Å². The largest absolute Gasteiger partial charge is 0.497 e. The molecule has 0 aromatic heterocycles. The second-order valence-electron chi connectivity index (χ2n) is 5.63. The highest BCUT2D eigenvalue weighted by atomic mass is 32.2. The van der Waals surface area contributed by atoms with Gasteiger partial charge in [0.15, 0.2) is 0 Å². The molecule has 2 aromatic rings. The topological polar surface area (TPSA) is 64.6 Å². The third-order valence-electron chi connectivity index (χ3n) is 3.57. The Balaban J connectivity index is 2.25. The molecular formula is C17H21NO4S. The summed E-state index contributed by atoms with van der Waals surface area (Å²) in [4.78, 5) is 0.194. The molecule has 23 heavy (non-hydrogen) atoms. The van der Waals surface area contributed by atoms with Crippen molar-refractivity contribution in [1.82, 2.24) is 4.72 Å². The van der Waals surface area contributed by atoms with Crippen LogP contribution in [-0.4, -0.2) is 22.6 Å².